The van der Waals surface area contributed by atoms with Gasteiger partial charge in [-0.05, 0) is 75.6 Å². The largest absolute Gasteiger partial charge is 0.456 e. The quantitative estimate of drug-likeness (QED) is 0.0476. The number of carbonyl (C=O) groups is 6. The number of rotatable bonds is 23. The lowest BCUT2D eigenvalue weighted by Crippen LogP contribution is -2.61. The smallest absolute Gasteiger partial charge is 0.325 e. The van der Waals surface area contributed by atoms with Crippen molar-refractivity contribution in [1.29, 1.82) is 0 Å². The molecule has 0 saturated carbocycles. The number of Topliss-reactive ketones (excluding diaryl/α,β-unsaturated/α-hetero) is 1. The molecule has 7 atom stereocenters. The third-order valence-corrected chi connectivity index (χ3v) is 10.3. The van der Waals surface area contributed by atoms with E-state index in [9.17, 15) is 33.9 Å². The molecule has 12 heteroatoms. The summed E-state index contributed by atoms with van der Waals surface area (Å²) in [6, 6.07) is 7.25. The highest BCUT2D eigenvalue weighted by molar-refractivity contribution is 5.94. The number of hydrogen-bond acceptors (Lipinski definition) is 10. The minimum atomic E-state index is -0.880. The molecule has 1 saturated heterocycles. The Labute approximate surface area is 346 Å². The number of hydrazine groups is 1. The van der Waals surface area contributed by atoms with Crippen LogP contribution in [0.2, 0.25) is 0 Å². The number of nitrogens with one attached hydrogen (secondary N) is 3. The molecule has 1 aromatic carbocycles. The van der Waals surface area contributed by atoms with Crippen LogP contribution in [-0.4, -0.2) is 89.7 Å². The number of ketones is 2. The van der Waals surface area contributed by atoms with Crippen LogP contribution in [-0.2, 0) is 39.9 Å². The van der Waals surface area contributed by atoms with Crippen molar-refractivity contribution in [2.45, 2.75) is 131 Å². The molecule has 0 bridgehead atoms. The van der Waals surface area contributed by atoms with Gasteiger partial charge in [-0.25, -0.2) is 5.43 Å². The van der Waals surface area contributed by atoms with Gasteiger partial charge < -0.3 is 30.1 Å². The topological polar surface area (TPSA) is 171 Å². The average molecular weight is 805 g/mol. The van der Waals surface area contributed by atoms with Gasteiger partial charge in [0, 0.05) is 37.1 Å². The molecule has 58 heavy (non-hydrogen) atoms. The van der Waals surface area contributed by atoms with Gasteiger partial charge in [-0.2, -0.15) is 0 Å². The maximum absolute atomic E-state index is 14.0. The summed E-state index contributed by atoms with van der Waals surface area (Å²) in [4.78, 5) is 76.5. The highest BCUT2D eigenvalue weighted by Gasteiger charge is 2.35. The number of aliphatic hydroxyl groups is 1. The Balaban J connectivity index is 2.22. The molecule has 1 heterocycles. The Morgan fingerprint density at radius 2 is 1.66 bits per heavy atom. The van der Waals surface area contributed by atoms with Crippen molar-refractivity contribution in [3.63, 3.8) is 0 Å². The molecule has 320 valence electrons. The van der Waals surface area contributed by atoms with Crippen LogP contribution in [0.1, 0.15) is 99.5 Å². The summed E-state index contributed by atoms with van der Waals surface area (Å²) < 4.78 is 6.08. The van der Waals surface area contributed by atoms with Gasteiger partial charge in [0.15, 0.2) is 5.78 Å². The van der Waals surface area contributed by atoms with Crippen molar-refractivity contribution >= 4 is 35.6 Å². The molecular weight excluding hydrogens is 737 g/mol. The number of amides is 2. The fourth-order valence-electron chi connectivity index (χ4n) is 6.48. The fraction of sp³-hybridized carbons (Fsp3) is 0.565. The second kappa shape index (κ2) is 25.1. The predicted molar refractivity (Wildman–Crippen MR) is 227 cm³/mol. The number of esters is 1. The normalized spacial score (nSPS) is 18.5. The molecule has 2 rings (SSSR count). The minimum absolute atomic E-state index is 0.00870. The van der Waals surface area contributed by atoms with E-state index >= 15 is 0 Å². The van der Waals surface area contributed by atoms with Crippen LogP contribution in [0.3, 0.4) is 0 Å². The Kier molecular flexibility index (Phi) is 21.5. The van der Waals surface area contributed by atoms with E-state index in [1.807, 2.05) is 103 Å². The van der Waals surface area contributed by atoms with E-state index in [0.29, 0.717) is 50.5 Å². The maximum Gasteiger partial charge on any atom is 0.325 e. The summed E-state index contributed by atoms with van der Waals surface area (Å²) in [6.07, 6.45) is 14.1. The van der Waals surface area contributed by atoms with Gasteiger partial charge in [0.2, 0.25) is 5.91 Å². The number of hydrogen-bond donors (Lipinski definition) is 4. The third kappa shape index (κ3) is 17.1. The first-order valence-corrected chi connectivity index (χ1v) is 20.5. The summed E-state index contributed by atoms with van der Waals surface area (Å²) in [5.74, 6) is -2.08. The maximum atomic E-state index is 14.0. The standard InChI is InChI=1S/C46H68N4O8/c1-31(2)41(47-9)43(55)48-38(29-35-21-14-12-15-22-35)44(56)50-28-18-23-37(49-50)45(57)58-39(32(3)20-17-25-40(53)46(6,7)8)24-16-11-10-13-19-33(4)42(54)36(30-51)27-26-34(5)52/h10-17,20-22,25,30-31,33,36-39,41-42,47,49,54H,18-19,23-24,26-29H2,1-9H3,(H,48,55)/b13-10+,16-11+,25-17+,32-20+/t33?,36-,37?,38?,39-,41?,42?/m0/s1. The van der Waals surface area contributed by atoms with Crippen LogP contribution >= 0.6 is 0 Å². The van der Waals surface area contributed by atoms with E-state index in [2.05, 4.69) is 16.1 Å². The van der Waals surface area contributed by atoms with E-state index in [0.717, 1.165) is 5.56 Å². The van der Waals surface area contributed by atoms with Gasteiger partial charge >= 0.3 is 5.97 Å². The van der Waals surface area contributed by atoms with E-state index in [1.165, 1.54) is 18.0 Å². The molecular formula is C46H68N4O8. The molecule has 2 amide bonds. The lowest BCUT2D eigenvalue weighted by atomic mass is 9.87. The van der Waals surface area contributed by atoms with Gasteiger partial charge in [0.25, 0.3) is 5.91 Å². The number of benzene rings is 1. The summed E-state index contributed by atoms with van der Waals surface area (Å²) in [5, 5.41) is 18.1. The second-order valence-electron chi connectivity index (χ2n) is 16.7. The van der Waals surface area contributed by atoms with Gasteiger partial charge in [-0.15, -0.1) is 0 Å². The van der Waals surface area contributed by atoms with Gasteiger partial charge in [0.05, 0.1) is 12.1 Å². The van der Waals surface area contributed by atoms with E-state index in [-0.39, 0.29) is 48.1 Å². The zero-order valence-corrected chi connectivity index (χ0v) is 36.0. The van der Waals surface area contributed by atoms with Crippen LogP contribution in [0.15, 0.2) is 78.4 Å². The minimum Gasteiger partial charge on any atom is -0.456 e. The van der Waals surface area contributed by atoms with E-state index in [4.69, 9.17) is 4.74 Å². The molecule has 12 nitrogen and oxygen atoms in total. The zero-order valence-electron chi connectivity index (χ0n) is 36.0. The molecule has 0 aliphatic carbocycles. The first kappa shape index (κ1) is 49.6. The first-order valence-electron chi connectivity index (χ1n) is 20.5. The lowest BCUT2D eigenvalue weighted by Gasteiger charge is -2.36. The Bertz CT molecular complexity index is 1630. The van der Waals surface area contributed by atoms with Crippen LogP contribution < -0.4 is 16.1 Å². The highest BCUT2D eigenvalue weighted by atomic mass is 16.5. The van der Waals surface area contributed by atoms with Gasteiger partial charge in [-0.3, -0.25) is 24.2 Å². The highest BCUT2D eigenvalue weighted by Crippen LogP contribution is 2.21. The molecule has 5 unspecified atom stereocenters. The molecule has 0 spiro atoms. The molecule has 1 aliphatic rings. The monoisotopic (exact) mass is 805 g/mol. The molecule has 0 aromatic heterocycles. The first-order chi connectivity index (χ1) is 27.4. The summed E-state index contributed by atoms with van der Waals surface area (Å²) in [5.41, 5.74) is 4.13. The van der Waals surface area contributed by atoms with Crippen LogP contribution in [0.5, 0.6) is 0 Å². The third-order valence-electron chi connectivity index (χ3n) is 10.3. The van der Waals surface area contributed by atoms with Crippen molar-refractivity contribution in [2.75, 3.05) is 13.6 Å². The summed E-state index contributed by atoms with van der Waals surface area (Å²) in [6.45, 7) is 14.8. The predicted octanol–water partition coefficient (Wildman–Crippen LogP) is 5.56. The number of ether oxygens (including phenoxy) is 1. The number of aldehydes is 1. The number of carbonyl (C=O) groups excluding carboxylic acids is 6. The van der Waals surface area contributed by atoms with E-state index < -0.39 is 47.6 Å². The van der Waals surface area contributed by atoms with Crippen LogP contribution in [0.25, 0.3) is 0 Å². The molecule has 4 N–H and O–H groups in total. The Morgan fingerprint density at radius 3 is 2.24 bits per heavy atom. The van der Waals surface area contributed by atoms with Gasteiger partial charge in [-0.1, -0.05) is 108 Å². The Morgan fingerprint density at radius 1 is 1.00 bits per heavy atom. The second-order valence-corrected chi connectivity index (χ2v) is 16.7. The zero-order chi connectivity index (χ0) is 43.4. The molecule has 1 aromatic rings. The molecule has 1 fully saturated rings. The lowest BCUT2D eigenvalue weighted by molar-refractivity contribution is -0.156. The average Bonchev–Trinajstić information content (AvgIpc) is 3.18. The van der Waals surface area contributed by atoms with Crippen LogP contribution in [0, 0.1) is 23.2 Å². The van der Waals surface area contributed by atoms with Crippen molar-refractivity contribution in [1.82, 2.24) is 21.1 Å². The molecule has 0 radical (unpaired) electrons. The summed E-state index contributed by atoms with van der Waals surface area (Å²) >= 11 is 0. The van der Waals surface area contributed by atoms with Crippen molar-refractivity contribution in [2.24, 2.45) is 23.2 Å². The summed E-state index contributed by atoms with van der Waals surface area (Å²) in [7, 11) is 1.71. The van der Waals surface area contributed by atoms with E-state index in [1.54, 1.807) is 19.2 Å². The van der Waals surface area contributed by atoms with Crippen LogP contribution in [0.4, 0.5) is 0 Å². The SMILES string of the molecule is CNC(C(=O)NC(Cc1ccccc1)C(=O)N1CCCC(C(=O)O[C@@H](C/C=C/C=C/CC(C)C(O)[C@H](C=O)CCC(C)=O)/C(C)=C/C=C/C(=O)C(C)(C)C)N1)C(C)C. The van der Waals surface area contributed by atoms with Crippen molar-refractivity contribution < 1.29 is 38.6 Å². The number of nitrogens with zero attached hydrogens (tertiary/aromatic N) is 1. The number of likely N-dealkylation sites (N-methyl/N-ethyl adjacent to an activating group) is 1. The number of allylic oxidation sites excluding steroid dienone is 6. The van der Waals surface area contributed by atoms with Crippen molar-refractivity contribution in [3.05, 3.63) is 84.0 Å². The Hall–Kier alpha value is -4.52. The van der Waals surface area contributed by atoms with Gasteiger partial charge in [0.1, 0.15) is 30.3 Å². The van der Waals surface area contributed by atoms with Crippen molar-refractivity contribution in [3.8, 4) is 0 Å². The molecule has 1 aliphatic heterocycles. The fourth-order valence-corrected chi connectivity index (χ4v) is 6.48. The number of aliphatic hydroxyl groups excluding tert-OH is 1.